The van der Waals surface area contributed by atoms with E-state index >= 15 is 0 Å². The van der Waals surface area contributed by atoms with Gasteiger partial charge in [-0.2, -0.15) is 8.42 Å². The monoisotopic (exact) mass is 422 g/mol. The van der Waals surface area contributed by atoms with Crippen LogP contribution in [-0.4, -0.2) is 24.5 Å². The lowest BCUT2D eigenvalue weighted by Gasteiger charge is -2.23. The molecule has 0 bridgehead atoms. The summed E-state index contributed by atoms with van der Waals surface area (Å²) in [6, 6.07) is 12.8. The van der Waals surface area contributed by atoms with Gasteiger partial charge in [-0.05, 0) is 43.2 Å². The van der Waals surface area contributed by atoms with Crippen LogP contribution in [0.1, 0.15) is 43.0 Å². The number of anilines is 3. The summed E-state index contributed by atoms with van der Waals surface area (Å²) in [5.74, 6) is -1.04. The minimum absolute atomic E-state index is 0.0261. The fourth-order valence-electron chi connectivity index (χ4n) is 3.58. The van der Waals surface area contributed by atoms with E-state index in [1.807, 2.05) is 26.0 Å². The van der Waals surface area contributed by atoms with Crippen LogP contribution in [0.25, 0.3) is 0 Å². The van der Waals surface area contributed by atoms with Crippen molar-refractivity contribution in [1.29, 1.82) is 0 Å². The molecule has 30 heavy (non-hydrogen) atoms. The van der Waals surface area contributed by atoms with E-state index in [9.17, 15) is 22.6 Å². The fourth-order valence-corrected chi connectivity index (χ4v) is 4.23. The normalized spacial score (nSPS) is 13.0. The van der Waals surface area contributed by atoms with Crippen molar-refractivity contribution in [3.63, 3.8) is 0 Å². The minimum atomic E-state index is -4.74. The average molecular weight is 422 g/mol. The number of fused-ring (bicyclic) bond motifs is 2. The number of rotatable bonds is 3. The summed E-state index contributed by atoms with van der Waals surface area (Å²) < 4.78 is 33.5. The first-order valence-electron chi connectivity index (χ1n) is 9.06. The number of nitrogen functional groups attached to an aromatic ring is 1. The molecule has 0 fully saturated rings. The van der Waals surface area contributed by atoms with E-state index in [0.717, 1.165) is 17.2 Å². The molecular weight excluding hydrogens is 404 g/mol. The van der Waals surface area contributed by atoms with E-state index in [-0.39, 0.29) is 27.9 Å². The number of nitrogens with one attached hydrogen (secondary N) is 1. The fraction of sp³-hybridized carbons (Fsp3) is 0.0909. The van der Waals surface area contributed by atoms with Crippen LogP contribution in [0.3, 0.4) is 0 Å². The maximum absolute atomic E-state index is 13.2. The predicted octanol–water partition coefficient (Wildman–Crippen LogP) is 3.65. The maximum atomic E-state index is 13.2. The molecular formula is C22H18N2O5S. The molecule has 0 amide bonds. The molecule has 7 nitrogen and oxygen atoms in total. The highest BCUT2D eigenvalue weighted by atomic mass is 32.2. The van der Waals surface area contributed by atoms with Crippen molar-refractivity contribution in [3.05, 3.63) is 81.9 Å². The Hall–Kier alpha value is -3.49. The molecule has 0 saturated heterocycles. The van der Waals surface area contributed by atoms with Gasteiger partial charge < -0.3 is 11.1 Å². The van der Waals surface area contributed by atoms with Gasteiger partial charge in [0.25, 0.3) is 10.1 Å². The number of hydrogen-bond donors (Lipinski definition) is 3. The van der Waals surface area contributed by atoms with Crippen molar-refractivity contribution >= 4 is 38.7 Å². The first-order chi connectivity index (χ1) is 14.1. The van der Waals surface area contributed by atoms with Crippen LogP contribution >= 0.6 is 0 Å². The molecule has 0 radical (unpaired) electrons. The Morgan fingerprint density at radius 3 is 2.03 bits per heavy atom. The number of hydrogen-bond acceptors (Lipinski definition) is 6. The molecule has 1 aliphatic rings. The first kappa shape index (κ1) is 19.8. The van der Waals surface area contributed by atoms with Crippen LogP contribution in [0.4, 0.5) is 17.1 Å². The summed E-state index contributed by atoms with van der Waals surface area (Å²) in [4.78, 5) is 25.7. The Kier molecular flexibility index (Phi) is 4.48. The Morgan fingerprint density at radius 2 is 1.47 bits per heavy atom. The average Bonchev–Trinajstić information content (AvgIpc) is 2.69. The zero-order chi connectivity index (χ0) is 21.8. The van der Waals surface area contributed by atoms with Gasteiger partial charge in [0.1, 0.15) is 4.90 Å². The molecule has 0 aliphatic heterocycles. The summed E-state index contributed by atoms with van der Waals surface area (Å²) in [5.41, 5.74) is 8.28. The predicted molar refractivity (Wildman–Crippen MR) is 113 cm³/mol. The third-order valence-electron chi connectivity index (χ3n) is 5.26. The molecule has 1 aliphatic carbocycles. The third-order valence-corrected chi connectivity index (χ3v) is 6.16. The second kappa shape index (κ2) is 6.79. The summed E-state index contributed by atoms with van der Waals surface area (Å²) in [7, 11) is -4.74. The van der Waals surface area contributed by atoms with Crippen molar-refractivity contribution in [2.75, 3.05) is 11.1 Å². The van der Waals surface area contributed by atoms with Crippen LogP contribution in [0.5, 0.6) is 0 Å². The molecule has 0 saturated carbocycles. The molecule has 4 N–H and O–H groups in total. The molecule has 8 heteroatoms. The molecule has 0 unspecified atom stereocenters. The molecule has 0 heterocycles. The largest absolute Gasteiger partial charge is 0.397 e. The van der Waals surface area contributed by atoms with E-state index < -0.39 is 32.3 Å². The maximum Gasteiger partial charge on any atom is 0.296 e. The van der Waals surface area contributed by atoms with E-state index in [0.29, 0.717) is 5.69 Å². The zero-order valence-electron chi connectivity index (χ0n) is 16.2. The van der Waals surface area contributed by atoms with Gasteiger partial charge in [0.2, 0.25) is 0 Å². The molecule has 0 atom stereocenters. The van der Waals surface area contributed by atoms with E-state index in [4.69, 9.17) is 5.73 Å². The number of benzene rings is 3. The zero-order valence-corrected chi connectivity index (χ0v) is 17.0. The van der Waals surface area contributed by atoms with E-state index in [1.54, 1.807) is 18.2 Å². The number of carbonyl (C=O) groups excluding carboxylic acids is 2. The highest BCUT2D eigenvalue weighted by molar-refractivity contribution is 7.86. The van der Waals surface area contributed by atoms with Crippen molar-refractivity contribution in [2.45, 2.75) is 18.7 Å². The number of nitrogens with two attached hydrogens (primary N) is 1. The number of ketones is 2. The van der Waals surface area contributed by atoms with Crippen LogP contribution < -0.4 is 11.1 Å². The smallest absolute Gasteiger partial charge is 0.296 e. The van der Waals surface area contributed by atoms with Crippen molar-refractivity contribution in [1.82, 2.24) is 0 Å². The van der Waals surface area contributed by atoms with Gasteiger partial charge in [-0.3, -0.25) is 14.1 Å². The van der Waals surface area contributed by atoms with E-state index in [2.05, 4.69) is 5.32 Å². The van der Waals surface area contributed by atoms with Crippen LogP contribution in [-0.2, 0) is 10.1 Å². The topological polar surface area (TPSA) is 127 Å². The quantitative estimate of drug-likeness (QED) is 0.340. The first-order valence-corrected chi connectivity index (χ1v) is 10.5. The van der Waals surface area contributed by atoms with Crippen LogP contribution in [0, 0.1) is 13.8 Å². The van der Waals surface area contributed by atoms with E-state index in [1.165, 1.54) is 12.1 Å². The molecule has 0 spiro atoms. The Balaban J connectivity index is 2.02. The second-order valence-electron chi connectivity index (χ2n) is 7.19. The highest BCUT2D eigenvalue weighted by Crippen LogP contribution is 2.40. The third kappa shape index (κ3) is 3.06. The highest BCUT2D eigenvalue weighted by Gasteiger charge is 2.36. The Morgan fingerprint density at radius 1 is 0.867 bits per heavy atom. The summed E-state index contributed by atoms with van der Waals surface area (Å²) >= 11 is 0. The van der Waals surface area contributed by atoms with Gasteiger partial charge in [0.15, 0.2) is 11.6 Å². The van der Waals surface area contributed by atoms with Crippen molar-refractivity contribution in [3.8, 4) is 0 Å². The van der Waals surface area contributed by atoms with Gasteiger partial charge in [0, 0.05) is 16.8 Å². The second-order valence-corrected chi connectivity index (χ2v) is 8.58. The molecule has 3 aromatic rings. The van der Waals surface area contributed by atoms with Crippen LogP contribution in [0.15, 0.2) is 53.4 Å². The van der Waals surface area contributed by atoms with Gasteiger partial charge >= 0.3 is 0 Å². The molecule has 3 aromatic carbocycles. The molecule has 152 valence electrons. The van der Waals surface area contributed by atoms with Crippen molar-refractivity contribution in [2.24, 2.45) is 0 Å². The lowest BCUT2D eigenvalue weighted by molar-refractivity contribution is 0.0980. The van der Waals surface area contributed by atoms with Crippen LogP contribution in [0.2, 0.25) is 0 Å². The van der Waals surface area contributed by atoms with Gasteiger partial charge in [0.05, 0.1) is 22.5 Å². The standard InChI is InChI=1S/C22H18N2O5S/c1-11-7-8-13(9-12(11)2)24-16-10-17(30(27,28)29)20(23)19-18(16)21(25)14-5-3-4-6-15(14)22(19)26/h3-10,24H,23H2,1-2H3,(H,27,28,29). The molecule has 0 aromatic heterocycles. The van der Waals surface area contributed by atoms with Crippen molar-refractivity contribution < 1.29 is 22.6 Å². The summed E-state index contributed by atoms with van der Waals surface area (Å²) in [5, 5.41) is 3.02. The van der Waals surface area contributed by atoms with Gasteiger partial charge in [-0.15, -0.1) is 0 Å². The van der Waals surface area contributed by atoms with Gasteiger partial charge in [-0.25, -0.2) is 0 Å². The molecule has 4 rings (SSSR count). The summed E-state index contributed by atoms with van der Waals surface area (Å²) in [6.07, 6.45) is 0. The lowest BCUT2D eigenvalue weighted by atomic mass is 9.82. The SMILES string of the molecule is Cc1ccc(Nc2cc(S(=O)(=O)O)c(N)c3c2C(=O)c2ccccc2C3=O)cc1C. The lowest BCUT2D eigenvalue weighted by Crippen LogP contribution is -2.25. The minimum Gasteiger partial charge on any atom is -0.397 e. The summed E-state index contributed by atoms with van der Waals surface area (Å²) in [6.45, 7) is 3.85. The van der Waals surface area contributed by atoms with Gasteiger partial charge in [-0.1, -0.05) is 30.3 Å². The number of carbonyl (C=O) groups is 2. The Labute approximate surface area is 173 Å². The Bertz CT molecular complexity index is 1360. The number of aryl methyl sites for hydroxylation is 2.